The highest BCUT2D eigenvalue weighted by Gasteiger charge is 2.26. The van der Waals surface area contributed by atoms with Crippen LogP contribution in [0.15, 0.2) is 0 Å². The predicted molar refractivity (Wildman–Crippen MR) is 72.7 cm³/mol. The van der Waals surface area contributed by atoms with E-state index in [9.17, 15) is 5.11 Å². The van der Waals surface area contributed by atoms with E-state index in [-0.39, 0.29) is 6.10 Å². The number of rotatable bonds is 5. The average Bonchev–Trinajstić information content (AvgIpc) is 2.85. The molecule has 0 aromatic heterocycles. The van der Waals surface area contributed by atoms with E-state index < -0.39 is 0 Å². The topological polar surface area (TPSA) is 35.9 Å². The lowest BCUT2D eigenvalue weighted by Crippen LogP contribution is -2.40. The summed E-state index contributed by atoms with van der Waals surface area (Å²) in [6.45, 7) is 5.91. The van der Waals surface area contributed by atoms with Crippen molar-refractivity contribution in [1.29, 1.82) is 0 Å². The van der Waals surface area contributed by atoms with Crippen molar-refractivity contribution in [3.63, 3.8) is 0 Å². The van der Waals surface area contributed by atoms with Gasteiger partial charge in [0.2, 0.25) is 0 Å². The van der Waals surface area contributed by atoms with Crippen LogP contribution in [0.2, 0.25) is 0 Å². The SMILES string of the molecule is CN1CCC(CN(C)CC(O)C2CCOC2)CC1. The maximum absolute atomic E-state index is 10.2. The fourth-order valence-corrected chi connectivity index (χ4v) is 3.08. The van der Waals surface area contributed by atoms with Crippen LogP contribution in [0.3, 0.4) is 0 Å². The van der Waals surface area contributed by atoms with Crippen LogP contribution >= 0.6 is 0 Å². The van der Waals surface area contributed by atoms with Gasteiger partial charge in [0, 0.05) is 25.6 Å². The summed E-state index contributed by atoms with van der Waals surface area (Å²) in [6.07, 6.45) is 3.39. The van der Waals surface area contributed by atoms with Gasteiger partial charge >= 0.3 is 0 Å². The minimum atomic E-state index is -0.219. The maximum atomic E-state index is 10.2. The molecule has 2 atom stereocenters. The highest BCUT2D eigenvalue weighted by Crippen LogP contribution is 2.19. The molecule has 0 aromatic rings. The first kappa shape index (κ1) is 14.3. The number of piperidine rings is 1. The molecule has 1 N–H and O–H groups in total. The third-order valence-corrected chi connectivity index (χ3v) is 4.42. The van der Waals surface area contributed by atoms with Crippen LogP contribution in [0.4, 0.5) is 0 Å². The molecule has 2 fully saturated rings. The van der Waals surface area contributed by atoms with E-state index in [1.807, 2.05) is 0 Å². The van der Waals surface area contributed by atoms with Crippen molar-refractivity contribution in [2.45, 2.75) is 25.4 Å². The second kappa shape index (κ2) is 6.85. The van der Waals surface area contributed by atoms with Gasteiger partial charge < -0.3 is 19.6 Å². The molecule has 0 saturated carbocycles. The Hall–Kier alpha value is -0.160. The van der Waals surface area contributed by atoms with Crippen molar-refractivity contribution in [3.8, 4) is 0 Å². The normalized spacial score (nSPS) is 29.0. The molecule has 2 saturated heterocycles. The summed E-state index contributed by atoms with van der Waals surface area (Å²) >= 11 is 0. The maximum Gasteiger partial charge on any atom is 0.0717 e. The van der Waals surface area contributed by atoms with Crippen LogP contribution in [0.25, 0.3) is 0 Å². The molecule has 18 heavy (non-hydrogen) atoms. The van der Waals surface area contributed by atoms with Crippen LogP contribution < -0.4 is 0 Å². The summed E-state index contributed by atoms with van der Waals surface area (Å²) in [6, 6.07) is 0. The molecule has 2 aliphatic heterocycles. The Kier molecular flexibility index (Phi) is 5.42. The summed E-state index contributed by atoms with van der Waals surface area (Å²) < 4.78 is 5.34. The number of ether oxygens (including phenoxy) is 1. The van der Waals surface area contributed by atoms with Gasteiger partial charge in [-0.25, -0.2) is 0 Å². The number of hydrogen-bond acceptors (Lipinski definition) is 4. The summed E-state index contributed by atoms with van der Waals surface area (Å²) in [5, 5.41) is 10.2. The van der Waals surface area contributed by atoms with Gasteiger partial charge in [0.05, 0.1) is 12.7 Å². The average molecular weight is 256 g/mol. The Balaban J connectivity index is 1.66. The number of nitrogens with zero attached hydrogens (tertiary/aromatic N) is 2. The Morgan fingerprint density at radius 2 is 2.06 bits per heavy atom. The Morgan fingerprint density at radius 3 is 2.67 bits per heavy atom. The van der Waals surface area contributed by atoms with Gasteiger partial charge in [0.15, 0.2) is 0 Å². The lowest BCUT2D eigenvalue weighted by molar-refractivity contribution is 0.0553. The molecule has 0 aliphatic carbocycles. The van der Waals surface area contributed by atoms with E-state index in [0.717, 1.165) is 38.6 Å². The monoisotopic (exact) mass is 256 g/mol. The van der Waals surface area contributed by atoms with E-state index in [1.165, 1.54) is 25.9 Å². The smallest absolute Gasteiger partial charge is 0.0717 e. The number of hydrogen-bond donors (Lipinski definition) is 1. The Labute approximate surface area is 111 Å². The molecule has 106 valence electrons. The first-order chi connectivity index (χ1) is 8.65. The van der Waals surface area contributed by atoms with Gasteiger partial charge in [0.1, 0.15) is 0 Å². The van der Waals surface area contributed by atoms with Gasteiger partial charge in [-0.1, -0.05) is 0 Å². The van der Waals surface area contributed by atoms with Gasteiger partial charge in [-0.2, -0.15) is 0 Å². The molecule has 2 rings (SSSR count). The molecular formula is C14H28N2O2. The molecular weight excluding hydrogens is 228 g/mol. The fourth-order valence-electron chi connectivity index (χ4n) is 3.08. The predicted octanol–water partition coefficient (Wildman–Crippen LogP) is 0.657. The molecule has 0 amide bonds. The molecule has 2 aliphatic rings. The second-order valence-electron chi connectivity index (χ2n) is 6.16. The molecule has 2 unspecified atom stereocenters. The van der Waals surface area contributed by atoms with E-state index in [1.54, 1.807) is 0 Å². The Bertz CT molecular complexity index is 236. The third-order valence-electron chi connectivity index (χ3n) is 4.42. The zero-order chi connectivity index (χ0) is 13.0. The van der Waals surface area contributed by atoms with Crippen LogP contribution in [-0.2, 0) is 4.74 Å². The molecule has 0 aromatic carbocycles. The molecule has 4 nitrogen and oxygen atoms in total. The van der Waals surface area contributed by atoms with Crippen LogP contribution in [-0.4, -0.2) is 74.5 Å². The number of likely N-dealkylation sites (tertiary alicyclic amines) is 1. The molecule has 4 heteroatoms. The van der Waals surface area contributed by atoms with Crippen LogP contribution in [0.5, 0.6) is 0 Å². The first-order valence-electron chi connectivity index (χ1n) is 7.28. The highest BCUT2D eigenvalue weighted by atomic mass is 16.5. The van der Waals surface area contributed by atoms with Crippen molar-refractivity contribution in [2.75, 3.05) is 53.5 Å². The fraction of sp³-hybridized carbons (Fsp3) is 1.00. The zero-order valence-electron chi connectivity index (χ0n) is 11.8. The van der Waals surface area contributed by atoms with E-state index in [2.05, 4.69) is 23.9 Å². The van der Waals surface area contributed by atoms with Crippen molar-refractivity contribution in [2.24, 2.45) is 11.8 Å². The minimum absolute atomic E-state index is 0.219. The van der Waals surface area contributed by atoms with Crippen LogP contribution in [0, 0.1) is 11.8 Å². The molecule has 0 bridgehead atoms. The zero-order valence-corrected chi connectivity index (χ0v) is 11.8. The number of likely N-dealkylation sites (N-methyl/N-ethyl adjacent to an activating group) is 1. The van der Waals surface area contributed by atoms with Gasteiger partial charge in [-0.05, 0) is 52.4 Å². The summed E-state index contributed by atoms with van der Waals surface area (Å²) in [7, 11) is 4.33. The minimum Gasteiger partial charge on any atom is -0.391 e. The van der Waals surface area contributed by atoms with Gasteiger partial charge in [-0.3, -0.25) is 0 Å². The summed E-state index contributed by atoms with van der Waals surface area (Å²) in [5.41, 5.74) is 0. The number of aliphatic hydroxyl groups excluding tert-OH is 1. The van der Waals surface area contributed by atoms with Crippen LogP contribution in [0.1, 0.15) is 19.3 Å². The summed E-state index contributed by atoms with van der Waals surface area (Å²) in [4.78, 5) is 4.71. The van der Waals surface area contributed by atoms with E-state index in [0.29, 0.717) is 5.92 Å². The van der Waals surface area contributed by atoms with Gasteiger partial charge in [-0.15, -0.1) is 0 Å². The van der Waals surface area contributed by atoms with Gasteiger partial charge in [0.25, 0.3) is 0 Å². The van der Waals surface area contributed by atoms with Crippen molar-refractivity contribution in [3.05, 3.63) is 0 Å². The lowest BCUT2D eigenvalue weighted by Gasteiger charge is -2.32. The largest absolute Gasteiger partial charge is 0.391 e. The lowest BCUT2D eigenvalue weighted by atomic mass is 9.96. The molecule has 2 heterocycles. The van der Waals surface area contributed by atoms with Crippen molar-refractivity contribution >= 4 is 0 Å². The first-order valence-corrected chi connectivity index (χ1v) is 7.28. The quantitative estimate of drug-likeness (QED) is 0.784. The highest BCUT2D eigenvalue weighted by molar-refractivity contribution is 4.77. The number of aliphatic hydroxyl groups is 1. The third kappa shape index (κ3) is 4.19. The second-order valence-corrected chi connectivity index (χ2v) is 6.16. The van der Waals surface area contributed by atoms with Crippen molar-refractivity contribution < 1.29 is 9.84 Å². The molecule has 0 radical (unpaired) electrons. The van der Waals surface area contributed by atoms with Crippen molar-refractivity contribution in [1.82, 2.24) is 9.80 Å². The Morgan fingerprint density at radius 1 is 1.33 bits per heavy atom. The molecule has 0 spiro atoms. The van der Waals surface area contributed by atoms with E-state index >= 15 is 0 Å². The van der Waals surface area contributed by atoms with E-state index in [4.69, 9.17) is 4.74 Å². The standard InChI is InChI=1S/C14H28N2O2/c1-15-6-3-12(4-7-15)9-16(2)10-14(17)13-5-8-18-11-13/h12-14,17H,3-11H2,1-2H3. The summed E-state index contributed by atoms with van der Waals surface area (Å²) in [5.74, 6) is 1.16.